The fourth-order valence-electron chi connectivity index (χ4n) is 2.81. The van der Waals surface area contributed by atoms with Crippen molar-refractivity contribution < 1.29 is 13.9 Å². The Morgan fingerprint density at radius 2 is 1.89 bits per heavy atom. The highest BCUT2D eigenvalue weighted by Crippen LogP contribution is 2.32. The molecule has 0 saturated heterocycles. The van der Waals surface area contributed by atoms with Crippen molar-refractivity contribution in [2.75, 3.05) is 12.4 Å². The second-order valence-electron chi connectivity index (χ2n) is 5.98. The highest BCUT2D eigenvalue weighted by Gasteiger charge is 2.15. The number of nitrogens with one attached hydrogen (secondary N) is 1. The average Bonchev–Trinajstić information content (AvgIpc) is 3.10. The quantitative estimate of drug-likeness (QED) is 0.442. The first-order valence-corrected chi connectivity index (χ1v) is 9.11. The fraction of sp³-hybridized carbons (Fsp3) is 0.0476. The lowest BCUT2D eigenvalue weighted by atomic mass is 10.2. The Balaban J connectivity index is 1.64. The third kappa shape index (κ3) is 3.54. The first-order valence-electron chi connectivity index (χ1n) is 8.35. The highest BCUT2D eigenvalue weighted by atomic mass is 35.5. The molecule has 5 nitrogen and oxygen atoms in total. The van der Waals surface area contributed by atoms with Crippen molar-refractivity contribution >= 4 is 45.9 Å². The molecule has 1 amide bonds. The SMILES string of the molecule is COc1ccccc1C(=O)Nc1ccc2oc(-c3ccc(Cl)cc3Cl)nc2c1. The van der Waals surface area contributed by atoms with Gasteiger partial charge in [0.1, 0.15) is 11.3 Å². The largest absolute Gasteiger partial charge is 0.496 e. The molecule has 0 aliphatic rings. The maximum absolute atomic E-state index is 12.6. The molecule has 28 heavy (non-hydrogen) atoms. The zero-order valence-electron chi connectivity index (χ0n) is 14.7. The van der Waals surface area contributed by atoms with Gasteiger partial charge in [-0.1, -0.05) is 35.3 Å². The van der Waals surface area contributed by atoms with Gasteiger partial charge in [-0.05, 0) is 48.5 Å². The van der Waals surface area contributed by atoms with Gasteiger partial charge >= 0.3 is 0 Å². The number of oxazole rings is 1. The number of fused-ring (bicyclic) bond motifs is 1. The van der Waals surface area contributed by atoms with Crippen LogP contribution in [0.25, 0.3) is 22.6 Å². The molecular formula is C21H14Cl2N2O3. The number of benzene rings is 3. The van der Waals surface area contributed by atoms with E-state index < -0.39 is 0 Å². The van der Waals surface area contributed by atoms with E-state index in [1.807, 2.05) is 0 Å². The third-order valence-corrected chi connectivity index (χ3v) is 4.71. The van der Waals surface area contributed by atoms with Gasteiger partial charge in [-0.3, -0.25) is 4.79 Å². The summed E-state index contributed by atoms with van der Waals surface area (Å²) < 4.78 is 11.0. The summed E-state index contributed by atoms with van der Waals surface area (Å²) >= 11 is 12.2. The molecule has 0 atom stereocenters. The van der Waals surface area contributed by atoms with Crippen molar-refractivity contribution in [3.8, 4) is 17.2 Å². The molecule has 4 rings (SSSR count). The minimum absolute atomic E-state index is 0.277. The van der Waals surface area contributed by atoms with E-state index in [4.69, 9.17) is 32.4 Å². The van der Waals surface area contributed by atoms with Crippen molar-refractivity contribution in [2.45, 2.75) is 0 Å². The summed E-state index contributed by atoms with van der Waals surface area (Å²) in [4.78, 5) is 17.0. The number of anilines is 1. The molecule has 4 aromatic rings. The number of carbonyl (C=O) groups is 1. The summed E-state index contributed by atoms with van der Waals surface area (Å²) in [5.41, 5.74) is 2.85. The maximum atomic E-state index is 12.6. The molecule has 0 unspecified atom stereocenters. The number of nitrogens with zero attached hydrogens (tertiary/aromatic N) is 1. The lowest BCUT2D eigenvalue weighted by molar-refractivity contribution is 0.102. The van der Waals surface area contributed by atoms with E-state index in [0.29, 0.717) is 49.6 Å². The Morgan fingerprint density at radius 3 is 2.68 bits per heavy atom. The Kier molecular flexibility index (Phi) is 4.94. The molecule has 7 heteroatoms. The van der Waals surface area contributed by atoms with Crippen LogP contribution in [0.2, 0.25) is 10.0 Å². The molecule has 0 radical (unpaired) electrons. The van der Waals surface area contributed by atoms with Crippen molar-refractivity contribution in [1.82, 2.24) is 4.98 Å². The number of halogens is 2. The van der Waals surface area contributed by atoms with Gasteiger partial charge in [0.15, 0.2) is 5.58 Å². The van der Waals surface area contributed by atoms with Crippen LogP contribution < -0.4 is 10.1 Å². The number of carbonyl (C=O) groups excluding carboxylic acids is 1. The summed E-state index contributed by atoms with van der Waals surface area (Å²) in [6.45, 7) is 0. The average molecular weight is 413 g/mol. The summed E-state index contributed by atoms with van der Waals surface area (Å²) in [6, 6.07) is 17.3. The van der Waals surface area contributed by atoms with Crippen LogP contribution in [-0.2, 0) is 0 Å². The van der Waals surface area contributed by atoms with Gasteiger partial charge in [0.25, 0.3) is 5.91 Å². The van der Waals surface area contributed by atoms with Gasteiger partial charge in [0.2, 0.25) is 5.89 Å². The van der Waals surface area contributed by atoms with Gasteiger partial charge in [0.05, 0.1) is 23.3 Å². The lowest BCUT2D eigenvalue weighted by Crippen LogP contribution is -2.13. The molecule has 1 aromatic heterocycles. The second kappa shape index (κ2) is 7.54. The molecule has 1 N–H and O–H groups in total. The smallest absolute Gasteiger partial charge is 0.259 e. The molecular weight excluding hydrogens is 399 g/mol. The minimum atomic E-state index is -0.277. The van der Waals surface area contributed by atoms with Crippen molar-refractivity contribution in [3.05, 3.63) is 76.3 Å². The van der Waals surface area contributed by atoms with E-state index in [1.54, 1.807) is 60.7 Å². The Bertz CT molecular complexity index is 1190. The van der Waals surface area contributed by atoms with Crippen molar-refractivity contribution in [2.24, 2.45) is 0 Å². The zero-order chi connectivity index (χ0) is 19.7. The van der Waals surface area contributed by atoms with E-state index in [1.165, 1.54) is 7.11 Å². The number of hydrogen-bond donors (Lipinski definition) is 1. The summed E-state index contributed by atoms with van der Waals surface area (Å²) in [7, 11) is 1.52. The van der Waals surface area contributed by atoms with Crippen LogP contribution in [0, 0.1) is 0 Å². The zero-order valence-corrected chi connectivity index (χ0v) is 16.2. The molecule has 0 spiro atoms. The third-order valence-electron chi connectivity index (χ3n) is 4.16. The van der Waals surface area contributed by atoms with Crippen molar-refractivity contribution in [3.63, 3.8) is 0 Å². The molecule has 0 saturated carbocycles. The van der Waals surface area contributed by atoms with Gasteiger partial charge < -0.3 is 14.5 Å². The summed E-state index contributed by atoms with van der Waals surface area (Å²) in [6.07, 6.45) is 0. The number of hydrogen-bond acceptors (Lipinski definition) is 4. The van der Waals surface area contributed by atoms with Crippen LogP contribution in [0.3, 0.4) is 0 Å². The number of methoxy groups -OCH3 is 1. The number of amides is 1. The number of para-hydroxylation sites is 1. The summed E-state index contributed by atoms with van der Waals surface area (Å²) in [5, 5.41) is 3.83. The van der Waals surface area contributed by atoms with E-state index in [0.717, 1.165) is 0 Å². The minimum Gasteiger partial charge on any atom is -0.496 e. The molecule has 140 valence electrons. The lowest BCUT2D eigenvalue weighted by Gasteiger charge is -2.08. The number of rotatable bonds is 4. The van der Waals surface area contributed by atoms with Gasteiger partial charge in [-0.25, -0.2) is 4.98 Å². The van der Waals surface area contributed by atoms with Crippen LogP contribution in [-0.4, -0.2) is 18.0 Å². The maximum Gasteiger partial charge on any atom is 0.259 e. The van der Waals surface area contributed by atoms with E-state index in [-0.39, 0.29) is 5.91 Å². The Labute approximate surface area is 170 Å². The Hall–Kier alpha value is -3.02. The summed E-state index contributed by atoms with van der Waals surface area (Å²) in [5.74, 6) is 0.605. The standard InChI is InChI=1S/C21H14Cl2N2O3/c1-27-18-5-3-2-4-15(18)20(26)24-13-7-9-19-17(11-13)25-21(28-19)14-8-6-12(22)10-16(14)23/h2-11H,1H3,(H,24,26). The predicted octanol–water partition coefficient (Wildman–Crippen LogP) is 6.06. The normalized spacial score (nSPS) is 10.8. The van der Waals surface area contributed by atoms with E-state index in [2.05, 4.69) is 10.3 Å². The first-order chi connectivity index (χ1) is 13.5. The van der Waals surface area contributed by atoms with Crippen LogP contribution in [0.15, 0.2) is 65.1 Å². The molecule has 0 fully saturated rings. The van der Waals surface area contributed by atoms with E-state index >= 15 is 0 Å². The molecule has 0 aliphatic heterocycles. The fourth-order valence-corrected chi connectivity index (χ4v) is 3.30. The van der Waals surface area contributed by atoms with Gasteiger partial charge in [-0.2, -0.15) is 0 Å². The van der Waals surface area contributed by atoms with Crippen LogP contribution in [0.5, 0.6) is 5.75 Å². The molecule has 1 heterocycles. The number of aromatic nitrogens is 1. The topological polar surface area (TPSA) is 64.4 Å². The molecule has 3 aromatic carbocycles. The Morgan fingerprint density at radius 1 is 1.07 bits per heavy atom. The van der Waals surface area contributed by atoms with Gasteiger partial charge in [-0.15, -0.1) is 0 Å². The van der Waals surface area contributed by atoms with Crippen LogP contribution >= 0.6 is 23.2 Å². The van der Waals surface area contributed by atoms with Gasteiger partial charge in [0, 0.05) is 10.7 Å². The monoisotopic (exact) mass is 412 g/mol. The number of ether oxygens (including phenoxy) is 1. The highest BCUT2D eigenvalue weighted by molar-refractivity contribution is 6.36. The van der Waals surface area contributed by atoms with E-state index in [9.17, 15) is 4.79 Å². The predicted molar refractivity (Wildman–Crippen MR) is 110 cm³/mol. The molecule has 0 aliphatic carbocycles. The van der Waals surface area contributed by atoms with Crippen LogP contribution in [0.1, 0.15) is 10.4 Å². The van der Waals surface area contributed by atoms with Crippen LogP contribution in [0.4, 0.5) is 5.69 Å². The first kappa shape index (κ1) is 18.3. The van der Waals surface area contributed by atoms with Crippen molar-refractivity contribution in [1.29, 1.82) is 0 Å². The molecule has 0 bridgehead atoms. The second-order valence-corrected chi connectivity index (χ2v) is 6.82.